The maximum absolute atomic E-state index is 12.3. The number of ether oxygens (including phenoxy) is 1. The van der Waals surface area contributed by atoms with E-state index in [0.29, 0.717) is 28.8 Å². The van der Waals surface area contributed by atoms with Gasteiger partial charge in [0.25, 0.3) is 0 Å². The highest BCUT2D eigenvalue weighted by Gasteiger charge is 2.31. The predicted octanol–water partition coefficient (Wildman–Crippen LogP) is 3.67. The van der Waals surface area contributed by atoms with E-state index in [2.05, 4.69) is 25.6 Å². The molecule has 1 amide bonds. The number of carbonyl (C=O) groups excluding carboxylic acids is 1. The number of thioether (sulfide) groups is 1. The first-order chi connectivity index (χ1) is 14.3. The summed E-state index contributed by atoms with van der Waals surface area (Å²) in [6, 6.07) is 12.5. The van der Waals surface area contributed by atoms with Crippen LogP contribution in [-0.2, 0) is 11.2 Å². The van der Waals surface area contributed by atoms with Crippen LogP contribution in [0.2, 0.25) is 5.02 Å². The van der Waals surface area contributed by atoms with Crippen LogP contribution in [-0.4, -0.2) is 44.8 Å². The minimum Gasteiger partial charge on any atom is -0.406 e. The van der Waals surface area contributed by atoms with Crippen molar-refractivity contribution >= 4 is 29.3 Å². The fourth-order valence-electron chi connectivity index (χ4n) is 2.44. The number of rotatable bonds is 8. The quantitative estimate of drug-likeness (QED) is 0.520. The van der Waals surface area contributed by atoms with Gasteiger partial charge < -0.3 is 10.1 Å². The lowest BCUT2D eigenvalue weighted by molar-refractivity contribution is -0.274. The van der Waals surface area contributed by atoms with Gasteiger partial charge >= 0.3 is 6.36 Å². The van der Waals surface area contributed by atoms with Crippen LogP contribution in [0.25, 0.3) is 5.69 Å². The molecule has 158 valence electrons. The van der Waals surface area contributed by atoms with Gasteiger partial charge in [-0.1, -0.05) is 35.5 Å². The maximum Gasteiger partial charge on any atom is 0.573 e. The standard InChI is InChI=1S/C18H15ClF3N5O2S/c19-13-3-1-2-12(10-13)8-9-23-16(28)11-30-17-24-25-26-27(17)14-4-6-15(7-5-14)29-18(20,21)22/h1-7,10H,8-9,11H2,(H,23,28). The zero-order valence-corrected chi connectivity index (χ0v) is 16.8. The Hall–Kier alpha value is -2.79. The minimum atomic E-state index is -4.77. The summed E-state index contributed by atoms with van der Waals surface area (Å²) in [5, 5.41) is 15.0. The van der Waals surface area contributed by atoms with Crippen molar-refractivity contribution in [1.82, 2.24) is 25.5 Å². The molecular weight excluding hydrogens is 443 g/mol. The lowest BCUT2D eigenvalue weighted by Gasteiger charge is -2.09. The van der Waals surface area contributed by atoms with Crippen molar-refractivity contribution in [2.45, 2.75) is 17.9 Å². The van der Waals surface area contributed by atoms with Crippen LogP contribution in [0.3, 0.4) is 0 Å². The Morgan fingerprint density at radius 1 is 1.20 bits per heavy atom. The first kappa shape index (κ1) is 21.9. The Morgan fingerprint density at radius 3 is 2.67 bits per heavy atom. The summed E-state index contributed by atoms with van der Waals surface area (Å²) in [7, 11) is 0. The second-order valence-electron chi connectivity index (χ2n) is 5.93. The third kappa shape index (κ3) is 6.63. The first-order valence-corrected chi connectivity index (χ1v) is 9.95. The van der Waals surface area contributed by atoms with Crippen molar-refractivity contribution in [3.8, 4) is 11.4 Å². The van der Waals surface area contributed by atoms with Crippen LogP contribution >= 0.6 is 23.4 Å². The number of carbonyl (C=O) groups is 1. The average Bonchev–Trinajstić information content (AvgIpc) is 3.14. The van der Waals surface area contributed by atoms with Gasteiger partial charge in [0, 0.05) is 11.6 Å². The molecule has 0 atom stereocenters. The van der Waals surface area contributed by atoms with Gasteiger partial charge in [0.15, 0.2) is 0 Å². The smallest absolute Gasteiger partial charge is 0.406 e. The van der Waals surface area contributed by atoms with Crippen LogP contribution in [0, 0.1) is 0 Å². The van der Waals surface area contributed by atoms with Gasteiger partial charge in [0.1, 0.15) is 5.75 Å². The summed E-state index contributed by atoms with van der Waals surface area (Å²) in [5.74, 6) is -0.483. The van der Waals surface area contributed by atoms with Crippen molar-refractivity contribution in [3.63, 3.8) is 0 Å². The van der Waals surface area contributed by atoms with Gasteiger partial charge in [0.2, 0.25) is 11.1 Å². The van der Waals surface area contributed by atoms with Crippen molar-refractivity contribution < 1.29 is 22.7 Å². The van der Waals surface area contributed by atoms with Gasteiger partial charge in [-0.15, -0.1) is 18.3 Å². The first-order valence-electron chi connectivity index (χ1n) is 8.59. The molecule has 1 aromatic heterocycles. The number of nitrogens with zero attached hydrogens (tertiary/aromatic N) is 4. The Bertz CT molecular complexity index is 998. The van der Waals surface area contributed by atoms with E-state index in [9.17, 15) is 18.0 Å². The van der Waals surface area contributed by atoms with Crippen LogP contribution in [0.1, 0.15) is 5.56 Å². The molecule has 2 aromatic carbocycles. The number of nitrogens with one attached hydrogen (secondary N) is 1. The summed E-state index contributed by atoms with van der Waals surface area (Å²) in [5.41, 5.74) is 1.44. The van der Waals surface area contributed by atoms with Crippen LogP contribution in [0.15, 0.2) is 53.7 Å². The largest absolute Gasteiger partial charge is 0.573 e. The summed E-state index contributed by atoms with van der Waals surface area (Å²) in [6.45, 7) is 0.450. The minimum absolute atomic E-state index is 0.0746. The molecule has 0 aliphatic carbocycles. The molecule has 0 aliphatic rings. The zero-order valence-electron chi connectivity index (χ0n) is 15.3. The van der Waals surface area contributed by atoms with E-state index >= 15 is 0 Å². The summed E-state index contributed by atoms with van der Waals surface area (Å²) in [4.78, 5) is 12.1. The van der Waals surface area contributed by atoms with E-state index in [1.54, 1.807) is 6.07 Å². The molecule has 12 heteroatoms. The highest BCUT2D eigenvalue weighted by atomic mass is 35.5. The topological polar surface area (TPSA) is 81.9 Å². The monoisotopic (exact) mass is 457 g/mol. The lowest BCUT2D eigenvalue weighted by Crippen LogP contribution is -2.27. The highest BCUT2D eigenvalue weighted by molar-refractivity contribution is 7.99. The number of alkyl halides is 3. The molecule has 1 N–H and O–H groups in total. The average molecular weight is 458 g/mol. The number of hydrogen-bond donors (Lipinski definition) is 1. The van der Waals surface area contributed by atoms with Crippen LogP contribution < -0.4 is 10.1 Å². The number of hydrogen-bond acceptors (Lipinski definition) is 6. The third-order valence-corrected chi connectivity index (χ3v) is 4.87. The molecule has 3 rings (SSSR count). The molecule has 30 heavy (non-hydrogen) atoms. The molecule has 0 fully saturated rings. The molecule has 0 unspecified atom stereocenters. The Kier molecular flexibility index (Phi) is 7.16. The molecule has 0 bridgehead atoms. The molecule has 0 radical (unpaired) electrons. The SMILES string of the molecule is O=C(CSc1nnnn1-c1ccc(OC(F)(F)F)cc1)NCCc1cccc(Cl)c1. The van der Waals surface area contributed by atoms with Gasteiger partial charge in [-0.05, 0) is 58.8 Å². The van der Waals surface area contributed by atoms with Crippen molar-refractivity contribution in [1.29, 1.82) is 0 Å². The van der Waals surface area contributed by atoms with E-state index in [1.807, 2.05) is 18.2 Å². The van der Waals surface area contributed by atoms with E-state index in [0.717, 1.165) is 29.5 Å². The number of amides is 1. The molecule has 1 heterocycles. The summed E-state index contributed by atoms with van der Waals surface area (Å²) < 4.78 is 41.9. The third-order valence-electron chi connectivity index (χ3n) is 3.71. The number of tetrazole rings is 1. The maximum atomic E-state index is 12.3. The Balaban J connectivity index is 1.51. The molecule has 0 saturated heterocycles. The number of halogens is 4. The van der Waals surface area contributed by atoms with E-state index in [1.165, 1.54) is 16.8 Å². The molecule has 3 aromatic rings. The number of aromatic nitrogens is 4. The second kappa shape index (κ2) is 9.81. The van der Waals surface area contributed by atoms with Crippen molar-refractivity contribution in [3.05, 3.63) is 59.1 Å². The van der Waals surface area contributed by atoms with E-state index < -0.39 is 6.36 Å². The van der Waals surface area contributed by atoms with Crippen molar-refractivity contribution in [2.24, 2.45) is 0 Å². The predicted molar refractivity (Wildman–Crippen MR) is 105 cm³/mol. The molecule has 0 aliphatic heterocycles. The van der Waals surface area contributed by atoms with E-state index in [4.69, 9.17) is 11.6 Å². The van der Waals surface area contributed by atoms with E-state index in [-0.39, 0.29) is 17.4 Å². The lowest BCUT2D eigenvalue weighted by atomic mass is 10.1. The molecule has 0 saturated carbocycles. The van der Waals surface area contributed by atoms with Gasteiger partial charge in [-0.3, -0.25) is 4.79 Å². The molecule has 0 spiro atoms. The normalized spacial score (nSPS) is 11.3. The highest BCUT2D eigenvalue weighted by Crippen LogP contribution is 2.25. The summed E-state index contributed by atoms with van der Waals surface area (Å²) >= 11 is 7.03. The van der Waals surface area contributed by atoms with Crippen molar-refractivity contribution in [2.75, 3.05) is 12.3 Å². The zero-order chi connectivity index (χ0) is 21.6. The van der Waals surface area contributed by atoms with Gasteiger partial charge in [-0.2, -0.15) is 4.68 Å². The number of benzene rings is 2. The molecule has 7 nitrogen and oxygen atoms in total. The van der Waals surface area contributed by atoms with Crippen LogP contribution in [0.4, 0.5) is 13.2 Å². The second-order valence-corrected chi connectivity index (χ2v) is 7.31. The van der Waals surface area contributed by atoms with Gasteiger partial charge in [0.05, 0.1) is 11.4 Å². The fraction of sp³-hybridized carbons (Fsp3) is 0.222. The molecular formula is C18H15ClF3N5O2S. The fourth-order valence-corrected chi connectivity index (χ4v) is 3.37. The Labute approximate surface area is 178 Å². The van der Waals surface area contributed by atoms with Gasteiger partial charge in [-0.25, -0.2) is 0 Å². The van der Waals surface area contributed by atoms with Crippen LogP contribution in [0.5, 0.6) is 5.75 Å². The Morgan fingerprint density at radius 2 is 1.97 bits per heavy atom. The summed E-state index contributed by atoms with van der Waals surface area (Å²) in [6.07, 6.45) is -4.13.